The maximum Gasteiger partial charge on any atom is 0.273 e. The molecule has 3 aliphatic heterocycles. The Bertz CT molecular complexity index is 845. The largest absolute Gasteiger partial charge is 0.369 e. The van der Waals surface area contributed by atoms with Crippen molar-refractivity contribution in [2.45, 2.75) is 37.4 Å². The number of nitrogens with one attached hydrogen (secondary N) is 1. The SMILES string of the molecule is Cn1cc(Cl)c(C(=O)NC[C@H]2[C@H]3CN(C(=O)C4CC=CC4)C[C@]34CC[C@H]2O4)n1. The van der Waals surface area contributed by atoms with Gasteiger partial charge in [0.25, 0.3) is 5.91 Å². The number of carbonyl (C=O) groups is 2. The highest BCUT2D eigenvalue weighted by Gasteiger charge is 2.63. The third-order valence-electron chi connectivity index (χ3n) is 6.95. The molecule has 4 heterocycles. The van der Waals surface area contributed by atoms with Crippen molar-refractivity contribution in [3.05, 3.63) is 29.1 Å². The lowest BCUT2D eigenvalue weighted by Gasteiger charge is -2.29. The van der Waals surface area contributed by atoms with Gasteiger partial charge in [0.2, 0.25) is 5.91 Å². The monoisotopic (exact) mass is 404 g/mol. The Morgan fingerprint density at radius 2 is 2.18 bits per heavy atom. The second-order valence-corrected chi connectivity index (χ2v) is 9.01. The van der Waals surface area contributed by atoms with Crippen molar-refractivity contribution >= 4 is 23.4 Å². The molecule has 5 rings (SSSR count). The molecule has 0 aromatic carbocycles. The van der Waals surface area contributed by atoms with E-state index in [1.807, 2.05) is 4.90 Å². The Balaban J connectivity index is 1.26. The molecule has 150 valence electrons. The van der Waals surface area contributed by atoms with Crippen LogP contribution in [0.15, 0.2) is 18.3 Å². The lowest BCUT2D eigenvalue weighted by Crippen LogP contribution is -2.42. The van der Waals surface area contributed by atoms with Crippen LogP contribution in [0.2, 0.25) is 5.02 Å². The summed E-state index contributed by atoms with van der Waals surface area (Å²) in [5.41, 5.74) is 0.0321. The quantitative estimate of drug-likeness (QED) is 0.776. The van der Waals surface area contributed by atoms with E-state index in [0.29, 0.717) is 18.1 Å². The van der Waals surface area contributed by atoms with Crippen LogP contribution >= 0.6 is 11.6 Å². The van der Waals surface area contributed by atoms with Crippen molar-refractivity contribution in [1.82, 2.24) is 20.0 Å². The fourth-order valence-corrected chi connectivity index (χ4v) is 5.88. The van der Waals surface area contributed by atoms with Gasteiger partial charge in [-0.15, -0.1) is 0 Å². The molecule has 0 unspecified atom stereocenters. The molecule has 2 bridgehead atoms. The summed E-state index contributed by atoms with van der Waals surface area (Å²) in [6, 6.07) is 0. The van der Waals surface area contributed by atoms with E-state index in [1.54, 1.807) is 13.2 Å². The predicted molar refractivity (Wildman–Crippen MR) is 103 cm³/mol. The first-order valence-electron chi connectivity index (χ1n) is 10.1. The molecule has 1 aromatic rings. The molecule has 1 N–H and O–H groups in total. The Hall–Kier alpha value is -1.86. The smallest absolute Gasteiger partial charge is 0.273 e. The molecule has 1 spiro atoms. The number of aryl methyl sites for hydroxylation is 1. The molecule has 0 saturated carbocycles. The minimum absolute atomic E-state index is 0.0943. The van der Waals surface area contributed by atoms with E-state index in [2.05, 4.69) is 22.6 Å². The van der Waals surface area contributed by atoms with E-state index in [4.69, 9.17) is 16.3 Å². The first kappa shape index (κ1) is 18.2. The van der Waals surface area contributed by atoms with Gasteiger partial charge >= 0.3 is 0 Å². The Kier molecular flexibility index (Phi) is 4.28. The lowest BCUT2D eigenvalue weighted by atomic mass is 9.73. The fourth-order valence-electron chi connectivity index (χ4n) is 5.62. The van der Waals surface area contributed by atoms with Gasteiger partial charge in [0.1, 0.15) is 0 Å². The topological polar surface area (TPSA) is 76.5 Å². The van der Waals surface area contributed by atoms with Crippen molar-refractivity contribution in [3.63, 3.8) is 0 Å². The Labute approximate surface area is 169 Å². The average Bonchev–Trinajstić information content (AvgIpc) is 3.45. The number of likely N-dealkylation sites (tertiary alicyclic amines) is 1. The summed E-state index contributed by atoms with van der Waals surface area (Å²) < 4.78 is 7.93. The van der Waals surface area contributed by atoms with Crippen LogP contribution < -0.4 is 5.32 Å². The Morgan fingerprint density at radius 1 is 1.39 bits per heavy atom. The molecule has 2 amide bonds. The predicted octanol–water partition coefficient (Wildman–Crippen LogP) is 1.78. The van der Waals surface area contributed by atoms with Gasteiger partial charge in [0.15, 0.2) is 5.69 Å². The molecular weight excluding hydrogens is 380 g/mol. The van der Waals surface area contributed by atoms with Gasteiger partial charge in [-0.25, -0.2) is 0 Å². The van der Waals surface area contributed by atoms with Crippen molar-refractivity contribution in [1.29, 1.82) is 0 Å². The van der Waals surface area contributed by atoms with E-state index in [9.17, 15) is 9.59 Å². The summed E-state index contributed by atoms with van der Waals surface area (Å²) in [5.74, 6) is 0.592. The maximum absolute atomic E-state index is 12.9. The third kappa shape index (κ3) is 2.78. The molecular formula is C20H25ClN4O3. The van der Waals surface area contributed by atoms with Crippen LogP contribution in [0.4, 0.5) is 0 Å². The lowest BCUT2D eigenvalue weighted by molar-refractivity contribution is -0.135. The summed E-state index contributed by atoms with van der Waals surface area (Å²) in [7, 11) is 1.74. The number of nitrogens with zero attached hydrogens (tertiary/aromatic N) is 3. The third-order valence-corrected chi connectivity index (χ3v) is 7.23. The van der Waals surface area contributed by atoms with Gasteiger partial charge in [0.05, 0.1) is 23.3 Å². The van der Waals surface area contributed by atoms with Crippen LogP contribution in [-0.4, -0.2) is 57.8 Å². The van der Waals surface area contributed by atoms with Crippen LogP contribution in [0.3, 0.4) is 0 Å². The highest BCUT2D eigenvalue weighted by molar-refractivity contribution is 6.33. The highest BCUT2D eigenvalue weighted by Crippen LogP contribution is 2.54. The van der Waals surface area contributed by atoms with Crippen LogP contribution in [0.25, 0.3) is 0 Å². The number of halogens is 1. The second-order valence-electron chi connectivity index (χ2n) is 8.60. The maximum atomic E-state index is 12.9. The number of fused-ring (bicyclic) bond motifs is 1. The number of hydrogen-bond donors (Lipinski definition) is 1. The van der Waals surface area contributed by atoms with Gasteiger partial charge in [-0.3, -0.25) is 14.3 Å². The van der Waals surface area contributed by atoms with E-state index in [1.165, 1.54) is 4.68 Å². The molecule has 7 nitrogen and oxygen atoms in total. The van der Waals surface area contributed by atoms with Crippen LogP contribution in [0.5, 0.6) is 0 Å². The number of amides is 2. The molecule has 3 saturated heterocycles. The molecule has 4 atom stereocenters. The molecule has 0 radical (unpaired) electrons. The number of aromatic nitrogens is 2. The standard InChI is InChI=1S/C20H25ClN4O3/c1-24-10-15(21)17(23-24)18(26)22-8-13-14-9-25(19(27)12-4-2-3-5-12)11-20(14)7-6-16(13)28-20/h2-3,10,12-14,16H,4-9,11H2,1H3,(H,22,26)/t13-,14+,16+,20+/m0/s1. The summed E-state index contributed by atoms with van der Waals surface area (Å²) in [6.45, 7) is 1.95. The first-order valence-corrected chi connectivity index (χ1v) is 10.4. The van der Waals surface area contributed by atoms with Crippen molar-refractivity contribution in [2.75, 3.05) is 19.6 Å². The van der Waals surface area contributed by atoms with E-state index >= 15 is 0 Å². The van der Waals surface area contributed by atoms with Crippen molar-refractivity contribution in [2.24, 2.45) is 24.8 Å². The van der Waals surface area contributed by atoms with Crippen LogP contribution in [0, 0.1) is 17.8 Å². The van der Waals surface area contributed by atoms with Gasteiger partial charge in [0, 0.05) is 44.1 Å². The molecule has 1 aromatic heterocycles. The summed E-state index contributed by atoms with van der Waals surface area (Å²) >= 11 is 6.08. The average molecular weight is 405 g/mol. The number of hydrogen-bond acceptors (Lipinski definition) is 4. The molecule has 28 heavy (non-hydrogen) atoms. The summed E-state index contributed by atoms with van der Waals surface area (Å²) in [5, 5.41) is 7.48. The van der Waals surface area contributed by atoms with Crippen molar-refractivity contribution < 1.29 is 14.3 Å². The first-order chi connectivity index (χ1) is 13.5. The van der Waals surface area contributed by atoms with Crippen LogP contribution in [0.1, 0.15) is 36.2 Å². The van der Waals surface area contributed by atoms with Crippen molar-refractivity contribution in [3.8, 4) is 0 Å². The zero-order chi connectivity index (χ0) is 19.5. The Morgan fingerprint density at radius 3 is 2.89 bits per heavy atom. The molecule has 4 aliphatic rings. The zero-order valence-electron chi connectivity index (χ0n) is 15.9. The minimum atomic E-state index is -0.259. The molecule has 3 fully saturated rings. The van der Waals surface area contributed by atoms with E-state index in [0.717, 1.165) is 32.2 Å². The fraction of sp³-hybridized carbons (Fsp3) is 0.650. The van der Waals surface area contributed by atoms with Gasteiger partial charge in [-0.05, 0) is 25.7 Å². The van der Waals surface area contributed by atoms with Crippen LogP contribution in [-0.2, 0) is 16.6 Å². The normalized spacial score (nSPS) is 33.6. The minimum Gasteiger partial charge on any atom is -0.369 e. The number of rotatable bonds is 4. The van der Waals surface area contributed by atoms with Gasteiger partial charge < -0.3 is 15.0 Å². The second kappa shape index (κ2) is 6.59. The van der Waals surface area contributed by atoms with E-state index in [-0.39, 0.29) is 47.0 Å². The zero-order valence-corrected chi connectivity index (χ0v) is 16.7. The molecule has 1 aliphatic carbocycles. The van der Waals surface area contributed by atoms with E-state index < -0.39 is 0 Å². The number of ether oxygens (including phenoxy) is 1. The summed E-state index contributed by atoms with van der Waals surface area (Å²) in [6.07, 6.45) is 9.67. The van der Waals surface area contributed by atoms with Gasteiger partial charge in [-0.2, -0.15) is 5.10 Å². The number of allylic oxidation sites excluding steroid dienone is 2. The highest BCUT2D eigenvalue weighted by atomic mass is 35.5. The summed E-state index contributed by atoms with van der Waals surface area (Å²) in [4.78, 5) is 27.4. The van der Waals surface area contributed by atoms with Gasteiger partial charge in [-0.1, -0.05) is 23.8 Å². The molecule has 8 heteroatoms. The number of carbonyl (C=O) groups excluding carboxylic acids is 2.